The van der Waals surface area contributed by atoms with Gasteiger partial charge in [-0.2, -0.15) is 0 Å². The summed E-state index contributed by atoms with van der Waals surface area (Å²) in [5, 5.41) is 3.53. The molecule has 4 nitrogen and oxygen atoms in total. The van der Waals surface area contributed by atoms with Crippen LogP contribution in [0.1, 0.15) is 45.5 Å². The van der Waals surface area contributed by atoms with E-state index in [4.69, 9.17) is 4.98 Å². The van der Waals surface area contributed by atoms with Crippen molar-refractivity contribution in [1.82, 2.24) is 19.9 Å². The highest BCUT2D eigenvalue weighted by Crippen LogP contribution is 2.26. The van der Waals surface area contributed by atoms with Crippen molar-refractivity contribution in [3.63, 3.8) is 0 Å². The molecule has 0 saturated carbocycles. The van der Waals surface area contributed by atoms with Crippen LogP contribution < -0.4 is 5.32 Å². The number of imidazole rings is 1. The van der Waals surface area contributed by atoms with Gasteiger partial charge in [-0.25, -0.2) is 9.97 Å². The second-order valence-corrected chi connectivity index (χ2v) is 6.63. The van der Waals surface area contributed by atoms with Gasteiger partial charge in [-0.1, -0.05) is 6.92 Å². The van der Waals surface area contributed by atoms with E-state index in [1.807, 2.05) is 12.3 Å². The van der Waals surface area contributed by atoms with Gasteiger partial charge in [-0.05, 0) is 63.7 Å². The fraction of sp³-hybridized carbons (Fsp3) is 0.647. The number of rotatable bonds is 4. The quantitative estimate of drug-likeness (QED) is 0.938. The third kappa shape index (κ3) is 2.95. The van der Waals surface area contributed by atoms with E-state index in [1.54, 1.807) is 0 Å². The zero-order chi connectivity index (χ0) is 14.8. The molecular weight excluding hydrogens is 260 g/mol. The molecule has 1 aliphatic heterocycles. The SMILES string of the molecule is CC(Cc1nc2cccnc2n1C(C)C)C1CCCNC1. The third-order valence-electron chi connectivity index (χ3n) is 4.68. The van der Waals surface area contributed by atoms with Gasteiger partial charge >= 0.3 is 0 Å². The average Bonchev–Trinajstić information content (AvgIpc) is 2.86. The van der Waals surface area contributed by atoms with Gasteiger partial charge in [0.1, 0.15) is 11.3 Å². The van der Waals surface area contributed by atoms with E-state index >= 15 is 0 Å². The maximum atomic E-state index is 4.85. The molecule has 0 amide bonds. The Morgan fingerprint density at radius 1 is 1.38 bits per heavy atom. The first-order valence-electron chi connectivity index (χ1n) is 8.19. The number of piperidine rings is 1. The minimum absolute atomic E-state index is 0.400. The standard InChI is InChI=1S/C17H26N4/c1-12(2)21-16(20-15-7-5-9-19-17(15)21)10-13(3)14-6-4-8-18-11-14/h5,7,9,12-14,18H,4,6,8,10-11H2,1-3H3. The Labute approximate surface area is 127 Å². The number of pyridine rings is 1. The summed E-state index contributed by atoms with van der Waals surface area (Å²) < 4.78 is 2.31. The van der Waals surface area contributed by atoms with Crippen molar-refractivity contribution in [2.24, 2.45) is 11.8 Å². The molecule has 0 radical (unpaired) electrons. The fourth-order valence-corrected chi connectivity index (χ4v) is 3.48. The Bertz CT molecular complexity index is 596. The van der Waals surface area contributed by atoms with Crippen molar-refractivity contribution in [3.8, 4) is 0 Å². The molecule has 3 heterocycles. The van der Waals surface area contributed by atoms with Crippen molar-refractivity contribution in [3.05, 3.63) is 24.2 Å². The van der Waals surface area contributed by atoms with Crippen LogP contribution in [0.2, 0.25) is 0 Å². The number of nitrogens with one attached hydrogen (secondary N) is 1. The van der Waals surface area contributed by atoms with Gasteiger partial charge < -0.3 is 9.88 Å². The van der Waals surface area contributed by atoms with Crippen molar-refractivity contribution >= 4 is 11.2 Å². The minimum atomic E-state index is 0.400. The molecule has 1 N–H and O–H groups in total. The molecule has 0 bridgehead atoms. The summed E-state index contributed by atoms with van der Waals surface area (Å²) in [4.78, 5) is 9.38. The predicted molar refractivity (Wildman–Crippen MR) is 86.4 cm³/mol. The largest absolute Gasteiger partial charge is 0.316 e. The van der Waals surface area contributed by atoms with Gasteiger partial charge in [0.2, 0.25) is 0 Å². The normalized spacial score (nSPS) is 21.0. The topological polar surface area (TPSA) is 42.7 Å². The van der Waals surface area contributed by atoms with Crippen LogP contribution in [-0.2, 0) is 6.42 Å². The zero-order valence-corrected chi connectivity index (χ0v) is 13.3. The molecular formula is C17H26N4. The van der Waals surface area contributed by atoms with Crippen LogP contribution in [0, 0.1) is 11.8 Å². The summed E-state index contributed by atoms with van der Waals surface area (Å²) in [5.41, 5.74) is 2.05. The molecule has 114 valence electrons. The first-order valence-corrected chi connectivity index (χ1v) is 8.19. The maximum absolute atomic E-state index is 4.85. The molecule has 2 unspecified atom stereocenters. The maximum Gasteiger partial charge on any atom is 0.160 e. The first kappa shape index (κ1) is 14.5. The highest BCUT2D eigenvalue weighted by molar-refractivity contribution is 5.71. The summed E-state index contributed by atoms with van der Waals surface area (Å²) in [6.45, 7) is 9.13. The number of fused-ring (bicyclic) bond motifs is 1. The summed E-state index contributed by atoms with van der Waals surface area (Å²) in [6, 6.07) is 4.44. The smallest absolute Gasteiger partial charge is 0.160 e. The van der Waals surface area contributed by atoms with Crippen LogP contribution in [0.4, 0.5) is 0 Å². The van der Waals surface area contributed by atoms with E-state index in [0.29, 0.717) is 12.0 Å². The number of hydrogen-bond donors (Lipinski definition) is 1. The van der Waals surface area contributed by atoms with E-state index in [0.717, 1.165) is 30.0 Å². The molecule has 3 rings (SSSR count). The summed E-state index contributed by atoms with van der Waals surface area (Å²) in [6.07, 6.45) is 5.55. The Hall–Kier alpha value is -1.42. The highest BCUT2D eigenvalue weighted by atomic mass is 15.1. The van der Waals surface area contributed by atoms with Crippen molar-refractivity contribution in [2.45, 2.75) is 46.1 Å². The van der Waals surface area contributed by atoms with Crippen LogP contribution >= 0.6 is 0 Å². The molecule has 0 aliphatic carbocycles. The Morgan fingerprint density at radius 3 is 2.95 bits per heavy atom. The van der Waals surface area contributed by atoms with Crippen LogP contribution in [0.5, 0.6) is 0 Å². The minimum Gasteiger partial charge on any atom is -0.316 e. The van der Waals surface area contributed by atoms with Crippen molar-refractivity contribution in [2.75, 3.05) is 13.1 Å². The second-order valence-electron chi connectivity index (χ2n) is 6.63. The molecule has 2 atom stereocenters. The van der Waals surface area contributed by atoms with E-state index in [1.165, 1.54) is 25.2 Å². The second kappa shape index (κ2) is 6.14. The van der Waals surface area contributed by atoms with Gasteiger partial charge in [0.05, 0.1) is 0 Å². The lowest BCUT2D eigenvalue weighted by atomic mass is 9.85. The monoisotopic (exact) mass is 286 g/mol. The molecule has 0 aromatic carbocycles. The van der Waals surface area contributed by atoms with Crippen LogP contribution in [0.25, 0.3) is 11.2 Å². The Kier molecular flexibility index (Phi) is 4.24. The molecule has 1 fully saturated rings. The van der Waals surface area contributed by atoms with E-state index < -0.39 is 0 Å². The number of hydrogen-bond acceptors (Lipinski definition) is 3. The summed E-state index contributed by atoms with van der Waals surface area (Å²) >= 11 is 0. The van der Waals surface area contributed by atoms with Crippen LogP contribution in [0.3, 0.4) is 0 Å². The van der Waals surface area contributed by atoms with E-state index in [-0.39, 0.29) is 0 Å². The number of nitrogens with zero attached hydrogens (tertiary/aromatic N) is 3. The van der Waals surface area contributed by atoms with Crippen LogP contribution in [-0.4, -0.2) is 27.6 Å². The molecule has 21 heavy (non-hydrogen) atoms. The molecule has 2 aromatic heterocycles. The first-order chi connectivity index (χ1) is 10.2. The zero-order valence-electron chi connectivity index (χ0n) is 13.3. The average molecular weight is 286 g/mol. The van der Waals surface area contributed by atoms with Gasteiger partial charge in [-0.3, -0.25) is 0 Å². The van der Waals surface area contributed by atoms with Crippen molar-refractivity contribution in [1.29, 1.82) is 0 Å². The van der Waals surface area contributed by atoms with Crippen molar-refractivity contribution < 1.29 is 0 Å². The summed E-state index contributed by atoms with van der Waals surface area (Å²) in [5.74, 6) is 2.62. The van der Waals surface area contributed by atoms with Gasteiger partial charge in [0, 0.05) is 18.7 Å². The molecule has 0 spiro atoms. The lowest BCUT2D eigenvalue weighted by molar-refractivity contribution is 0.273. The Balaban J connectivity index is 1.87. The van der Waals surface area contributed by atoms with E-state index in [9.17, 15) is 0 Å². The van der Waals surface area contributed by atoms with E-state index in [2.05, 4.69) is 41.7 Å². The predicted octanol–water partition coefficient (Wildman–Crippen LogP) is 3.19. The molecule has 1 aliphatic rings. The lowest BCUT2D eigenvalue weighted by Gasteiger charge is -2.28. The molecule has 2 aromatic rings. The summed E-state index contributed by atoms with van der Waals surface area (Å²) in [7, 11) is 0. The van der Waals surface area contributed by atoms with Gasteiger partial charge in [0.15, 0.2) is 5.65 Å². The van der Waals surface area contributed by atoms with Crippen LogP contribution in [0.15, 0.2) is 18.3 Å². The third-order valence-corrected chi connectivity index (χ3v) is 4.68. The molecule has 4 heteroatoms. The highest BCUT2D eigenvalue weighted by Gasteiger charge is 2.23. The molecule has 1 saturated heterocycles. The van der Waals surface area contributed by atoms with Gasteiger partial charge in [0.25, 0.3) is 0 Å². The fourth-order valence-electron chi connectivity index (χ4n) is 3.48. The number of aromatic nitrogens is 3. The lowest BCUT2D eigenvalue weighted by Crippen LogP contribution is -2.34. The Morgan fingerprint density at radius 2 is 2.24 bits per heavy atom. The van der Waals surface area contributed by atoms with Gasteiger partial charge in [-0.15, -0.1) is 0 Å².